The highest BCUT2D eigenvalue weighted by molar-refractivity contribution is 7.92. The van der Waals surface area contributed by atoms with Crippen molar-refractivity contribution >= 4 is 44.6 Å². The van der Waals surface area contributed by atoms with Crippen molar-refractivity contribution in [3.63, 3.8) is 0 Å². The zero-order chi connectivity index (χ0) is 22.8. The van der Waals surface area contributed by atoms with E-state index in [9.17, 15) is 22.4 Å². The number of para-hydroxylation sites is 1. The molecule has 1 aliphatic carbocycles. The Balaban J connectivity index is 2.09. The van der Waals surface area contributed by atoms with Crippen molar-refractivity contribution in [3.8, 4) is 0 Å². The molecular formula is C22H21ClFNO5S. The van der Waals surface area contributed by atoms with Crippen LogP contribution in [0.15, 0.2) is 48.5 Å². The number of benzene rings is 2. The molecule has 0 saturated carbocycles. The normalized spacial score (nSPS) is 19.0. The zero-order valence-electron chi connectivity index (χ0n) is 16.9. The average Bonchev–Trinajstić information content (AvgIpc) is 2.68. The third-order valence-electron chi connectivity index (χ3n) is 4.95. The van der Waals surface area contributed by atoms with Crippen LogP contribution in [-0.2, 0) is 24.3 Å². The summed E-state index contributed by atoms with van der Waals surface area (Å²) in [5, 5.41) is -0.0722. The van der Waals surface area contributed by atoms with Gasteiger partial charge in [-0.2, -0.15) is 0 Å². The van der Waals surface area contributed by atoms with Crippen LogP contribution in [0.25, 0.3) is 5.57 Å². The van der Waals surface area contributed by atoms with E-state index >= 15 is 0 Å². The molecule has 1 aliphatic rings. The number of hydrogen-bond donors (Lipinski definition) is 1. The molecule has 0 radical (unpaired) electrons. The number of halogens is 2. The standard InChI is InChI=1S/C22H21ClFNO5S/c1-3-30-22(27)21-16(13-8-9-17(23)18(24)11-13)10-14(12-20(21)26)15-6-4-5-7-19(15)25-31(2,28)29/h4-9,11-12,16,21,25H,3,10H2,1-2H3/t16-,21-/m1/s1. The molecule has 31 heavy (non-hydrogen) atoms. The second-order valence-electron chi connectivity index (χ2n) is 7.21. The number of allylic oxidation sites excluding steroid dienone is 2. The van der Waals surface area contributed by atoms with Crippen LogP contribution in [0.2, 0.25) is 5.02 Å². The van der Waals surface area contributed by atoms with Crippen LogP contribution < -0.4 is 4.72 Å². The van der Waals surface area contributed by atoms with Gasteiger partial charge in [0.05, 0.1) is 23.6 Å². The first-order valence-electron chi connectivity index (χ1n) is 9.54. The van der Waals surface area contributed by atoms with E-state index < -0.39 is 39.4 Å². The van der Waals surface area contributed by atoms with Crippen LogP contribution in [-0.4, -0.2) is 33.0 Å². The van der Waals surface area contributed by atoms with Gasteiger partial charge in [-0.1, -0.05) is 35.9 Å². The van der Waals surface area contributed by atoms with E-state index in [1.54, 1.807) is 37.3 Å². The Hall–Kier alpha value is -2.71. The summed E-state index contributed by atoms with van der Waals surface area (Å²) in [6, 6.07) is 10.8. The molecule has 0 saturated heterocycles. The monoisotopic (exact) mass is 465 g/mol. The molecule has 3 rings (SSSR count). The van der Waals surface area contributed by atoms with Crippen LogP contribution in [0.4, 0.5) is 10.1 Å². The lowest BCUT2D eigenvalue weighted by atomic mass is 9.73. The maximum absolute atomic E-state index is 14.2. The number of sulfonamides is 1. The van der Waals surface area contributed by atoms with Gasteiger partial charge in [-0.05, 0) is 48.8 Å². The van der Waals surface area contributed by atoms with E-state index in [1.165, 1.54) is 18.2 Å². The lowest BCUT2D eigenvalue weighted by molar-refractivity contribution is -0.151. The van der Waals surface area contributed by atoms with Crippen LogP contribution in [0.3, 0.4) is 0 Å². The van der Waals surface area contributed by atoms with E-state index in [4.69, 9.17) is 16.3 Å². The molecule has 164 valence electrons. The van der Waals surface area contributed by atoms with Crippen LogP contribution >= 0.6 is 11.6 Å². The Morgan fingerprint density at radius 1 is 1.26 bits per heavy atom. The maximum Gasteiger partial charge on any atom is 0.317 e. The topological polar surface area (TPSA) is 89.5 Å². The van der Waals surface area contributed by atoms with E-state index in [2.05, 4.69) is 4.72 Å². The number of ether oxygens (including phenoxy) is 1. The fraction of sp³-hybridized carbons (Fsp3) is 0.273. The molecule has 0 bridgehead atoms. The average molecular weight is 466 g/mol. The fourth-order valence-corrected chi connectivity index (χ4v) is 4.37. The van der Waals surface area contributed by atoms with E-state index in [-0.39, 0.29) is 18.1 Å². The number of hydrogen-bond acceptors (Lipinski definition) is 5. The zero-order valence-corrected chi connectivity index (χ0v) is 18.5. The summed E-state index contributed by atoms with van der Waals surface area (Å²) in [5.74, 6) is -3.69. The molecular weight excluding hydrogens is 445 g/mol. The smallest absolute Gasteiger partial charge is 0.317 e. The third-order valence-corrected chi connectivity index (χ3v) is 5.84. The molecule has 9 heteroatoms. The number of nitrogens with one attached hydrogen (secondary N) is 1. The van der Waals surface area contributed by atoms with Crippen molar-refractivity contribution in [2.75, 3.05) is 17.6 Å². The van der Waals surface area contributed by atoms with Crippen molar-refractivity contribution in [2.45, 2.75) is 19.3 Å². The summed E-state index contributed by atoms with van der Waals surface area (Å²) in [6.45, 7) is 1.73. The van der Waals surface area contributed by atoms with Gasteiger partial charge in [0.1, 0.15) is 11.7 Å². The molecule has 2 aromatic rings. The second kappa shape index (κ2) is 9.20. The highest BCUT2D eigenvalue weighted by atomic mass is 35.5. The predicted octanol–water partition coefficient (Wildman–Crippen LogP) is 4.17. The molecule has 1 N–H and O–H groups in total. The van der Waals surface area contributed by atoms with Crippen molar-refractivity contribution in [3.05, 3.63) is 70.5 Å². The summed E-state index contributed by atoms with van der Waals surface area (Å²) < 4.78 is 45.2. The fourth-order valence-electron chi connectivity index (χ4n) is 3.68. The van der Waals surface area contributed by atoms with Gasteiger partial charge in [0.2, 0.25) is 10.0 Å². The van der Waals surface area contributed by atoms with Crippen molar-refractivity contribution in [1.29, 1.82) is 0 Å². The molecule has 6 nitrogen and oxygen atoms in total. The first kappa shape index (κ1) is 23.0. The minimum Gasteiger partial charge on any atom is -0.465 e. The summed E-state index contributed by atoms with van der Waals surface area (Å²) in [4.78, 5) is 25.5. The number of ketones is 1. The number of esters is 1. The van der Waals surface area contributed by atoms with E-state index in [0.717, 1.165) is 6.26 Å². The summed E-state index contributed by atoms with van der Waals surface area (Å²) in [6.07, 6.45) is 2.55. The lowest BCUT2D eigenvalue weighted by Crippen LogP contribution is -2.34. The predicted molar refractivity (Wildman–Crippen MR) is 117 cm³/mol. The maximum atomic E-state index is 14.2. The number of anilines is 1. The lowest BCUT2D eigenvalue weighted by Gasteiger charge is -2.30. The highest BCUT2D eigenvalue weighted by Gasteiger charge is 2.40. The molecule has 0 heterocycles. The van der Waals surface area contributed by atoms with Gasteiger partial charge in [-0.25, -0.2) is 12.8 Å². The molecule has 0 aromatic heterocycles. The van der Waals surface area contributed by atoms with Crippen molar-refractivity contribution in [2.24, 2.45) is 5.92 Å². The van der Waals surface area contributed by atoms with Crippen LogP contribution in [0.5, 0.6) is 0 Å². The minimum atomic E-state index is -3.56. The van der Waals surface area contributed by atoms with Gasteiger partial charge in [0, 0.05) is 11.5 Å². The van der Waals surface area contributed by atoms with Crippen LogP contribution in [0, 0.1) is 11.7 Å². The molecule has 2 aromatic carbocycles. The van der Waals surface area contributed by atoms with Gasteiger partial charge in [-0.3, -0.25) is 14.3 Å². The minimum absolute atomic E-state index is 0.0722. The van der Waals surface area contributed by atoms with Gasteiger partial charge in [0.15, 0.2) is 5.78 Å². The van der Waals surface area contributed by atoms with E-state index in [1.807, 2.05) is 0 Å². The molecule has 2 atom stereocenters. The first-order chi connectivity index (χ1) is 14.6. The SMILES string of the molecule is CCOC(=O)[C@H]1C(=O)C=C(c2ccccc2NS(C)(=O)=O)C[C@@H]1c1ccc(Cl)c(F)c1. The van der Waals surface area contributed by atoms with Crippen molar-refractivity contribution in [1.82, 2.24) is 0 Å². The van der Waals surface area contributed by atoms with Gasteiger partial charge < -0.3 is 4.74 Å². The summed E-state index contributed by atoms with van der Waals surface area (Å²) in [5.41, 5.74) is 1.76. The first-order valence-corrected chi connectivity index (χ1v) is 11.8. The van der Waals surface area contributed by atoms with Crippen molar-refractivity contribution < 1.29 is 27.1 Å². The number of rotatable bonds is 6. The number of carbonyl (C=O) groups excluding carboxylic acids is 2. The van der Waals surface area contributed by atoms with Gasteiger partial charge in [-0.15, -0.1) is 0 Å². The van der Waals surface area contributed by atoms with Crippen LogP contribution in [0.1, 0.15) is 30.4 Å². The van der Waals surface area contributed by atoms with E-state index in [0.29, 0.717) is 22.4 Å². The van der Waals surface area contributed by atoms with Gasteiger partial charge in [0.25, 0.3) is 0 Å². The third kappa shape index (κ3) is 5.32. The molecule has 0 fully saturated rings. The van der Waals surface area contributed by atoms with Gasteiger partial charge >= 0.3 is 5.97 Å². The Kier molecular flexibility index (Phi) is 6.81. The molecule has 0 spiro atoms. The summed E-state index contributed by atoms with van der Waals surface area (Å²) >= 11 is 5.79. The Morgan fingerprint density at radius 2 is 1.97 bits per heavy atom. The summed E-state index contributed by atoms with van der Waals surface area (Å²) in [7, 11) is -3.56. The second-order valence-corrected chi connectivity index (χ2v) is 9.36. The Morgan fingerprint density at radius 3 is 2.61 bits per heavy atom. The largest absolute Gasteiger partial charge is 0.465 e. The Bertz CT molecular complexity index is 1160. The molecule has 0 amide bonds. The highest BCUT2D eigenvalue weighted by Crippen LogP contribution is 2.42. The quantitative estimate of drug-likeness (QED) is 0.511. The Labute approximate surface area is 185 Å². The number of carbonyl (C=O) groups is 2. The molecule has 0 unspecified atom stereocenters. The molecule has 0 aliphatic heterocycles.